The predicted molar refractivity (Wildman–Crippen MR) is 47.1 cm³/mol. The first-order valence-electron chi connectivity index (χ1n) is 3.30. The predicted octanol–water partition coefficient (Wildman–Crippen LogP) is 2.01. The minimum absolute atomic E-state index is 0.697. The van der Waals surface area contributed by atoms with Gasteiger partial charge >= 0.3 is 0 Å². The highest BCUT2D eigenvalue weighted by Crippen LogP contribution is 2.23. The molecule has 0 bridgehead atoms. The van der Waals surface area contributed by atoms with Crippen LogP contribution in [0, 0.1) is 0 Å². The van der Waals surface area contributed by atoms with Gasteiger partial charge in [0.05, 0.1) is 10.5 Å². The fraction of sp³-hybridized carbons (Fsp3) is 0. The van der Waals surface area contributed by atoms with Crippen LogP contribution < -0.4 is 5.84 Å². The maximum Gasteiger partial charge on any atom is 0.0705 e. The third-order valence-electron chi connectivity index (χ3n) is 1.69. The van der Waals surface area contributed by atoms with Crippen LogP contribution in [0.5, 0.6) is 0 Å². The van der Waals surface area contributed by atoms with Gasteiger partial charge in [0, 0.05) is 11.6 Å². The second-order valence-electron chi connectivity index (χ2n) is 2.40. The molecule has 0 fully saturated rings. The first-order chi connectivity index (χ1) is 5.29. The van der Waals surface area contributed by atoms with Gasteiger partial charge in [-0.1, -0.05) is 29.8 Å². The summed E-state index contributed by atoms with van der Waals surface area (Å²) in [5.74, 6) is 5.61. The maximum absolute atomic E-state index is 5.88. The van der Waals surface area contributed by atoms with Gasteiger partial charge in [-0.2, -0.15) is 0 Å². The van der Waals surface area contributed by atoms with Crippen molar-refractivity contribution in [3.63, 3.8) is 0 Å². The van der Waals surface area contributed by atoms with Crippen LogP contribution in [-0.2, 0) is 0 Å². The molecule has 56 valence electrons. The zero-order valence-corrected chi connectivity index (χ0v) is 6.55. The SMILES string of the molecule is Nn1cc(Cl)c2ccccc21. The van der Waals surface area contributed by atoms with Gasteiger partial charge in [0.1, 0.15) is 0 Å². The van der Waals surface area contributed by atoms with Crippen molar-refractivity contribution < 1.29 is 0 Å². The van der Waals surface area contributed by atoms with Gasteiger partial charge in [-0.3, -0.25) is 4.68 Å². The van der Waals surface area contributed by atoms with Crippen LogP contribution in [0.25, 0.3) is 10.9 Å². The minimum atomic E-state index is 0.697. The van der Waals surface area contributed by atoms with Crippen molar-refractivity contribution in [1.29, 1.82) is 0 Å². The summed E-state index contributed by atoms with van der Waals surface area (Å²) in [5.41, 5.74) is 0.956. The Morgan fingerprint density at radius 2 is 2.00 bits per heavy atom. The Kier molecular flexibility index (Phi) is 1.29. The zero-order valence-electron chi connectivity index (χ0n) is 5.79. The molecule has 2 aromatic rings. The molecule has 0 aliphatic carbocycles. The second-order valence-corrected chi connectivity index (χ2v) is 2.81. The fourth-order valence-corrected chi connectivity index (χ4v) is 1.43. The molecule has 0 saturated carbocycles. The molecule has 0 aliphatic rings. The molecule has 1 aromatic heterocycles. The lowest BCUT2D eigenvalue weighted by Gasteiger charge is -1.92. The van der Waals surface area contributed by atoms with Gasteiger partial charge in [-0.05, 0) is 6.07 Å². The molecular formula is C8H7ClN2. The third-order valence-corrected chi connectivity index (χ3v) is 1.99. The van der Waals surface area contributed by atoms with E-state index in [1.165, 1.54) is 4.68 Å². The van der Waals surface area contributed by atoms with Gasteiger partial charge in [0.2, 0.25) is 0 Å². The van der Waals surface area contributed by atoms with E-state index in [2.05, 4.69) is 0 Å². The molecule has 2 rings (SSSR count). The summed E-state index contributed by atoms with van der Waals surface area (Å²) in [5, 5.41) is 1.69. The number of para-hydroxylation sites is 1. The molecule has 0 atom stereocenters. The van der Waals surface area contributed by atoms with Crippen LogP contribution in [0.2, 0.25) is 5.02 Å². The number of halogens is 1. The average Bonchev–Trinajstić information content (AvgIpc) is 2.30. The smallest absolute Gasteiger partial charge is 0.0705 e. The molecule has 0 radical (unpaired) electrons. The van der Waals surface area contributed by atoms with Crippen molar-refractivity contribution in [2.45, 2.75) is 0 Å². The molecule has 2 N–H and O–H groups in total. The normalized spacial score (nSPS) is 10.6. The topological polar surface area (TPSA) is 30.9 Å². The van der Waals surface area contributed by atoms with Crippen molar-refractivity contribution in [1.82, 2.24) is 4.68 Å². The van der Waals surface area contributed by atoms with E-state index in [1.807, 2.05) is 24.3 Å². The lowest BCUT2D eigenvalue weighted by molar-refractivity contribution is 1.07. The van der Waals surface area contributed by atoms with Gasteiger partial charge in [-0.15, -0.1) is 0 Å². The number of fused-ring (bicyclic) bond motifs is 1. The highest BCUT2D eigenvalue weighted by molar-refractivity contribution is 6.35. The van der Waals surface area contributed by atoms with E-state index in [0.29, 0.717) is 5.02 Å². The van der Waals surface area contributed by atoms with Crippen LogP contribution in [0.3, 0.4) is 0 Å². The van der Waals surface area contributed by atoms with Crippen molar-refractivity contribution in [3.05, 3.63) is 35.5 Å². The Bertz CT molecular complexity index is 356. The number of benzene rings is 1. The van der Waals surface area contributed by atoms with Crippen molar-refractivity contribution in [3.8, 4) is 0 Å². The molecule has 1 aromatic carbocycles. The molecule has 3 heteroatoms. The number of hydrogen-bond donors (Lipinski definition) is 1. The second kappa shape index (κ2) is 2.17. The Balaban J connectivity index is 2.95. The van der Waals surface area contributed by atoms with E-state index in [-0.39, 0.29) is 0 Å². The Morgan fingerprint density at radius 3 is 2.73 bits per heavy atom. The van der Waals surface area contributed by atoms with Gasteiger partial charge < -0.3 is 5.84 Å². The lowest BCUT2D eigenvalue weighted by atomic mass is 10.2. The van der Waals surface area contributed by atoms with Gasteiger partial charge in [0.25, 0.3) is 0 Å². The molecule has 0 spiro atoms. The Labute approximate surface area is 69.1 Å². The lowest BCUT2D eigenvalue weighted by Crippen LogP contribution is -2.04. The molecule has 0 saturated heterocycles. The number of hydrogen-bond acceptors (Lipinski definition) is 1. The van der Waals surface area contributed by atoms with E-state index < -0.39 is 0 Å². The molecule has 0 aliphatic heterocycles. The maximum atomic E-state index is 5.88. The van der Waals surface area contributed by atoms with E-state index in [9.17, 15) is 0 Å². The monoisotopic (exact) mass is 166 g/mol. The van der Waals surface area contributed by atoms with Gasteiger partial charge in [0.15, 0.2) is 0 Å². The quantitative estimate of drug-likeness (QED) is 0.597. The van der Waals surface area contributed by atoms with Crippen LogP contribution in [0.15, 0.2) is 30.5 Å². The Morgan fingerprint density at radius 1 is 1.27 bits per heavy atom. The molecule has 11 heavy (non-hydrogen) atoms. The molecular weight excluding hydrogens is 160 g/mol. The largest absolute Gasteiger partial charge is 0.339 e. The van der Waals surface area contributed by atoms with Crippen LogP contribution in [0.1, 0.15) is 0 Å². The first-order valence-corrected chi connectivity index (χ1v) is 3.67. The average molecular weight is 167 g/mol. The first kappa shape index (κ1) is 6.55. The summed E-state index contributed by atoms with van der Waals surface area (Å²) >= 11 is 5.88. The van der Waals surface area contributed by atoms with Gasteiger partial charge in [-0.25, -0.2) is 0 Å². The summed E-state index contributed by atoms with van der Waals surface area (Å²) in [6.45, 7) is 0. The molecule has 1 heterocycles. The number of nitrogens with two attached hydrogens (primary N) is 1. The van der Waals surface area contributed by atoms with Crippen LogP contribution in [0.4, 0.5) is 0 Å². The summed E-state index contributed by atoms with van der Waals surface area (Å²) in [6, 6.07) is 7.75. The number of aromatic nitrogens is 1. The zero-order chi connectivity index (χ0) is 7.84. The van der Waals surface area contributed by atoms with Crippen molar-refractivity contribution >= 4 is 22.5 Å². The van der Waals surface area contributed by atoms with Crippen LogP contribution >= 0.6 is 11.6 Å². The molecule has 2 nitrogen and oxygen atoms in total. The van der Waals surface area contributed by atoms with E-state index in [4.69, 9.17) is 17.4 Å². The number of nitrogens with zero attached hydrogens (tertiary/aromatic N) is 1. The highest BCUT2D eigenvalue weighted by Gasteiger charge is 2.01. The highest BCUT2D eigenvalue weighted by atomic mass is 35.5. The summed E-state index contributed by atoms with van der Waals surface area (Å²) in [4.78, 5) is 0. The van der Waals surface area contributed by atoms with E-state index in [0.717, 1.165) is 10.9 Å². The summed E-state index contributed by atoms with van der Waals surface area (Å²) in [6.07, 6.45) is 1.70. The fourth-order valence-electron chi connectivity index (χ4n) is 1.16. The minimum Gasteiger partial charge on any atom is -0.339 e. The van der Waals surface area contributed by atoms with Crippen molar-refractivity contribution in [2.24, 2.45) is 0 Å². The van der Waals surface area contributed by atoms with E-state index in [1.54, 1.807) is 6.20 Å². The summed E-state index contributed by atoms with van der Waals surface area (Å²) in [7, 11) is 0. The third kappa shape index (κ3) is 0.870. The molecule has 0 amide bonds. The number of rotatable bonds is 0. The summed E-state index contributed by atoms with van der Waals surface area (Å²) < 4.78 is 1.53. The van der Waals surface area contributed by atoms with Crippen molar-refractivity contribution in [2.75, 3.05) is 5.84 Å². The number of nitrogen functional groups attached to an aromatic ring is 1. The molecule has 0 unspecified atom stereocenters. The van der Waals surface area contributed by atoms with E-state index >= 15 is 0 Å². The van der Waals surface area contributed by atoms with Crippen LogP contribution in [-0.4, -0.2) is 4.68 Å². The standard InChI is InChI=1S/C8H7ClN2/c9-7-5-11(10)8-4-2-1-3-6(7)8/h1-5H,10H2. The Hall–Kier alpha value is -1.15.